The van der Waals surface area contributed by atoms with Crippen molar-refractivity contribution in [3.8, 4) is 5.75 Å². The van der Waals surface area contributed by atoms with Gasteiger partial charge in [0.1, 0.15) is 5.75 Å². The predicted octanol–water partition coefficient (Wildman–Crippen LogP) is 0.945. The van der Waals surface area contributed by atoms with Crippen molar-refractivity contribution < 1.29 is 14.3 Å². The summed E-state index contributed by atoms with van der Waals surface area (Å²) in [6.45, 7) is 2.86. The van der Waals surface area contributed by atoms with Gasteiger partial charge in [-0.15, -0.1) is 0 Å². The molecule has 3 N–H and O–H groups in total. The lowest BCUT2D eigenvalue weighted by atomic mass is 10.0. The molecule has 1 heterocycles. The molecule has 0 aliphatic carbocycles. The molecule has 1 aromatic carbocycles. The van der Waals surface area contributed by atoms with Crippen molar-refractivity contribution in [3.05, 3.63) is 29.8 Å². The number of hydrogen-bond acceptors (Lipinski definition) is 3. The van der Waals surface area contributed by atoms with Crippen LogP contribution in [0, 0.1) is 0 Å². The lowest BCUT2D eigenvalue weighted by Gasteiger charge is -2.26. The number of nitrogens with one attached hydrogen (secondary N) is 3. The predicted molar refractivity (Wildman–Crippen MR) is 74.5 cm³/mol. The van der Waals surface area contributed by atoms with E-state index < -0.39 is 0 Å². The first-order valence-electron chi connectivity index (χ1n) is 6.67. The van der Waals surface area contributed by atoms with E-state index in [4.69, 9.17) is 4.74 Å². The minimum absolute atomic E-state index is 0.0410. The number of para-hydroxylation sites is 1. The van der Waals surface area contributed by atoms with Gasteiger partial charge in [-0.3, -0.25) is 4.79 Å². The second kappa shape index (κ2) is 6.79. The number of amides is 3. The zero-order chi connectivity index (χ0) is 14.4. The lowest BCUT2D eigenvalue weighted by Crippen LogP contribution is -2.42. The van der Waals surface area contributed by atoms with E-state index in [2.05, 4.69) is 16.0 Å². The van der Waals surface area contributed by atoms with Crippen molar-refractivity contribution in [3.63, 3.8) is 0 Å². The number of rotatable bonds is 4. The maximum atomic E-state index is 11.8. The largest absolute Gasteiger partial charge is 0.493 e. The molecule has 0 saturated heterocycles. The number of urea groups is 1. The van der Waals surface area contributed by atoms with Crippen LogP contribution in [0.25, 0.3) is 0 Å². The third-order valence-electron chi connectivity index (χ3n) is 3.05. The molecule has 2 rings (SSSR count). The number of ether oxygens (including phenoxy) is 1. The summed E-state index contributed by atoms with van der Waals surface area (Å²) in [6, 6.07) is 7.41. The third kappa shape index (κ3) is 3.88. The van der Waals surface area contributed by atoms with Gasteiger partial charge in [0.2, 0.25) is 5.91 Å². The van der Waals surface area contributed by atoms with E-state index in [1.165, 1.54) is 6.92 Å². The first-order chi connectivity index (χ1) is 9.66. The molecular formula is C14H19N3O3. The second-order valence-corrected chi connectivity index (χ2v) is 4.61. The molecule has 0 fully saturated rings. The molecule has 6 nitrogen and oxygen atoms in total. The Morgan fingerprint density at radius 3 is 2.80 bits per heavy atom. The highest BCUT2D eigenvalue weighted by molar-refractivity contribution is 5.75. The summed E-state index contributed by atoms with van der Waals surface area (Å²) < 4.78 is 5.54. The van der Waals surface area contributed by atoms with Gasteiger partial charge in [-0.05, 0) is 6.07 Å². The number of carbonyl (C=O) groups excluding carboxylic acids is 2. The summed E-state index contributed by atoms with van der Waals surface area (Å²) in [5.41, 5.74) is 0.996. The minimum atomic E-state index is -0.239. The molecule has 6 heteroatoms. The number of carbonyl (C=O) groups is 2. The fraction of sp³-hybridized carbons (Fsp3) is 0.429. The normalized spacial score (nSPS) is 16.6. The van der Waals surface area contributed by atoms with Crippen molar-refractivity contribution in [1.29, 1.82) is 0 Å². The van der Waals surface area contributed by atoms with Gasteiger partial charge in [0, 0.05) is 32.0 Å². The van der Waals surface area contributed by atoms with Gasteiger partial charge in [0.15, 0.2) is 0 Å². The maximum Gasteiger partial charge on any atom is 0.315 e. The van der Waals surface area contributed by atoms with E-state index in [1.807, 2.05) is 24.3 Å². The van der Waals surface area contributed by atoms with Crippen molar-refractivity contribution in [2.75, 3.05) is 19.7 Å². The molecule has 1 unspecified atom stereocenters. The van der Waals surface area contributed by atoms with E-state index >= 15 is 0 Å². The SMILES string of the molecule is CC(=O)NCCNC(=O)NC1CCOc2ccccc21. The van der Waals surface area contributed by atoms with Crippen molar-refractivity contribution in [1.82, 2.24) is 16.0 Å². The number of benzene rings is 1. The summed E-state index contributed by atoms with van der Waals surface area (Å²) in [5.74, 6) is 0.716. The van der Waals surface area contributed by atoms with Crippen LogP contribution in [0.4, 0.5) is 4.79 Å². The Balaban J connectivity index is 1.82. The van der Waals surface area contributed by atoms with Crippen LogP contribution in [0.1, 0.15) is 24.9 Å². The van der Waals surface area contributed by atoms with Crippen LogP contribution >= 0.6 is 0 Å². The molecule has 0 saturated carbocycles. The van der Waals surface area contributed by atoms with Crippen LogP contribution in [-0.4, -0.2) is 31.6 Å². The molecule has 0 spiro atoms. The standard InChI is InChI=1S/C14H19N3O3/c1-10(18)15-7-8-16-14(19)17-12-6-9-20-13-5-3-2-4-11(12)13/h2-5,12H,6-9H2,1H3,(H,15,18)(H2,16,17,19). The van der Waals surface area contributed by atoms with Gasteiger partial charge < -0.3 is 20.7 Å². The van der Waals surface area contributed by atoms with E-state index in [0.717, 1.165) is 17.7 Å². The highest BCUT2D eigenvalue weighted by atomic mass is 16.5. The monoisotopic (exact) mass is 277 g/mol. The Labute approximate surface area is 117 Å². The average Bonchev–Trinajstić information content (AvgIpc) is 2.44. The third-order valence-corrected chi connectivity index (χ3v) is 3.05. The summed E-state index contributed by atoms with van der Waals surface area (Å²) in [4.78, 5) is 22.5. The summed E-state index contributed by atoms with van der Waals surface area (Å²) in [7, 11) is 0. The van der Waals surface area contributed by atoms with Gasteiger partial charge in [0.05, 0.1) is 12.6 Å². The molecule has 20 heavy (non-hydrogen) atoms. The average molecular weight is 277 g/mol. The maximum absolute atomic E-state index is 11.8. The Morgan fingerprint density at radius 2 is 2.00 bits per heavy atom. The van der Waals surface area contributed by atoms with Crippen LogP contribution in [0.3, 0.4) is 0 Å². The fourth-order valence-corrected chi connectivity index (χ4v) is 2.12. The van der Waals surface area contributed by atoms with Crippen LogP contribution in [0.5, 0.6) is 5.75 Å². The fourth-order valence-electron chi connectivity index (χ4n) is 2.12. The molecule has 0 aromatic heterocycles. The van der Waals surface area contributed by atoms with Crippen LogP contribution in [-0.2, 0) is 4.79 Å². The van der Waals surface area contributed by atoms with Crippen molar-refractivity contribution in [2.45, 2.75) is 19.4 Å². The Kier molecular flexibility index (Phi) is 4.81. The molecule has 108 valence electrons. The van der Waals surface area contributed by atoms with Gasteiger partial charge in [-0.25, -0.2) is 4.79 Å². The first kappa shape index (κ1) is 14.2. The smallest absolute Gasteiger partial charge is 0.315 e. The van der Waals surface area contributed by atoms with Crippen LogP contribution in [0.15, 0.2) is 24.3 Å². The van der Waals surface area contributed by atoms with E-state index in [0.29, 0.717) is 19.7 Å². The quantitative estimate of drug-likeness (QED) is 0.717. The Morgan fingerprint density at radius 1 is 1.25 bits per heavy atom. The van der Waals surface area contributed by atoms with Crippen LogP contribution < -0.4 is 20.7 Å². The topological polar surface area (TPSA) is 79.5 Å². The molecule has 1 aliphatic rings. The lowest BCUT2D eigenvalue weighted by molar-refractivity contribution is -0.118. The number of hydrogen-bond donors (Lipinski definition) is 3. The van der Waals surface area contributed by atoms with Gasteiger partial charge in [-0.1, -0.05) is 18.2 Å². The zero-order valence-corrected chi connectivity index (χ0v) is 11.4. The zero-order valence-electron chi connectivity index (χ0n) is 11.4. The van der Waals surface area contributed by atoms with E-state index in [1.54, 1.807) is 0 Å². The molecule has 1 atom stereocenters. The summed E-state index contributed by atoms with van der Waals surface area (Å²) in [5, 5.41) is 8.25. The molecule has 0 radical (unpaired) electrons. The Hall–Kier alpha value is -2.24. The Bertz CT molecular complexity index is 490. The minimum Gasteiger partial charge on any atom is -0.493 e. The highest BCUT2D eigenvalue weighted by Crippen LogP contribution is 2.31. The van der Waals surface area contributed by atoms with Crippen molar-refractivity contribution in [2.24, 2.45) is 0 Å². The molecule has 1 aliphatic heterocycles. The number of fused-ring (bicyclic) bond motifs is 1. The molecule has 1 aromatic rings. The van der Waals surface area contributed by atoms with Crippen LogP contribution in [0.2, 0.25) is 0 Å². The van der Waals surface area contributed by atoms with Gasteiger partial charge in [0.25, 0.3) is 0 Å². The molecule has 3 amide bonds. The summed E-state index contributed by atoms with van der Waals surface area (Å²) >= 11 is 0. The van der Waals surface area contributed by atoms with E-state index in [-0.39, 0.29) is 18.0 Å². The van der Waals surface area contributed by atoms with E-state index in [9.17, 15) is 9.59 Å². The molecule has 0 bridgehead atoms. The second-order valence-electron chi connectivity index (χ2n) is 4.61. The molecular weight excluding hydrogens is 258 g/mol. The summed E-state index contributed by atoms with van der Waals surface area (Å²) in [6.07, 6.45) is 0.746. The van der Waals surface area contributed by atoms with Crippen molar-refractivity contribution >= 4 is 11.9 Å². The first-order valence-corrected chi connectivity index (χ1v) is 6.67. The van der Waals surface area contributed by atoms with Gasteiger partial charge >= 0.3 is 6.03 Å². The van der Waals surface area contributed by atoms with Gasteiger partial charge in [-0.2, -0.15) is 0 Å². The highest BCUT2D eigenvalue weighted by Gasteiger charge is 2.22.